The van der Waals surface area contributed by atoms with E-state index in [1.54, 1.807) is 0 Å². The van der Waals surface area contributed by atoms with Crippen molar-refractivity contribution in [1.29, 1.82) is 0 Å². The molecule has 0 aliphatic carbocycles. The van der Waals surface area contributed by atoms with Gasteiger partial charge in [-0.2, -0.15) is 0 Å². The first kappa shape index (κ1) is 14.9. The molecule has 16 heavy (non-hydrogen) atoms. The molecule has 0 saturated heterocycles. The molecule has 88 valence electrons. The number of nitrogens with zero attached hydrogens (tertiary/aromatic N) is 3. The molecule has 6 heteroatoms. The molecule has 0 amide bonds. The molecule has 1 heterocycles. The largest absolute Gasteiger partial charge is 0.324 e. The van der Waals surface area contributed by atoms with Gasteiger partial charge in [-0.1, -0.05) is 30.3 Å². The van der Waals surface area contributed by atoms with Gasteiger partial charge in [0.1, 0.15) is 5.82 Å². The van der Waals surface area contributed by atoms with Gasteiger partial charge in [0.05, 0.1) is 6.54 Å². The fourth-order valence-electron chi connectivity index (χ4n) is 1.38. The van der Waals surface area contributed by atoms with E-state index in [-0.39, 0.29) is 24.8 Å². The third-order valence-electron chi connectivity index (χ3n) is 2.18. The van der Waals surface area contributed by atoms with Crippen molar-refractivity contribution in [2.75, 3.05) is 0 Å². The molecule has 0 fully saturated rings. The van der Waals surface area contributed by atoms with Crippen LogP contribution in [0.1, 0.15) is 5.82 Å². The van der Waals surface area contributed by atoms with E-state index in [0.29, 0.717) is 6.54 Å². The Hall–Kier alpha value is -1.10. The average Bonchev–Trinajstić information content (AvgIpc) is 2.61. The first-order valence-corrected chi connectivity index (χ1v) is 4.46. The fraction of sp³-hybridized carbons (Fsp3) is 0.200. The smallest absolute Gasteiger partial charge is 0.163 e. The molecule has 0 aliphatic rings. The van der Waals surface area contributed by atoms with Crippen LogP contribution in [0.25, 0.3) is 11.4 Å². The standard InChI is InChI=1S/C10H12N4.2ClH/c1-14-9(7-11)12-13-10(14)8-5-3-2-4-6-8;;/h2-6H,7,11H2,1H3;2*1H. The minimum atomic E-state index is 0. The summed E-state index contributed by atoms with van der Waals surface area (Å²) in [5.41, 5.74) is 6.58. The lowest BCUT2D eigenvalue weighted by atomic mass is 10.2. The lowest BCUT2D eigenvalue weighted by molar-refractivity contribution is 0.797. The van der Waals surface area contributed by atoms with Gasteiger partial charge in [0.15, 0.2) is 5.82 Å². The Morgan fingerprint density at radius 3 is 2.25 bits per heavy atom. The Morgan fingerprint density at radius 1 is 1.12 bits per heavy atom. The predicted octanol–water partition coefficient (Wildman–Crippen LogP) is 1.78. The second-order valence-corrected chi connectivity index (χ2v) is 3.07. The average molecular weight is 261 g/mol. The van der Waals surface area contributed by atoms with Crippen LogP contribution >= 0.6 is 24.8 Å². The molecule has 4 nitrogen and oxygen atoms in total. The van der Waals surface area contributed by atoms with Crippen LogP contribution < -0.4 is 5.73 Å². The molecule has 2 rings (SSSR count). The van der Waals surface area contributed by atoms with Gasteiger partial charge in [-0.15, -0.1) is 35.0 Å². The van der Waals surface area contributed by atoms with Gasteiger partial charge < -0.3 is 10.3 Å². The van der Waals surface area contributed by atoms with Gasteiger partial charge in [-0.3, -0.25) is 0 Å². The summed E-state index contributed by atoms with van der Waals surface area (Å²) in [4.78, 5) is 0. The summed E-state index contributed by atoms with van der Waals surface area (Å²) in [5, 5.41) is 8.09. The van der Waals surface area contributed by atoms with Crippen molar-refractivity contribution in [3.63, 3.8) is 0 Å². The number of aromatic nitrogens is 3. The molecule has 0 radical (unpaired) electrons. The van der Waals surface area contributed by atoms with Crippen molar-refractivity contribution >= 4 is 24.8 Å². The highest BCUT2D eigenvalue weighted by atomic mass is 35.5. The molecule has 0 bridgehead atoms. The highest BCUT2D eigenvalue weighted by Gasteiger charge is 2.07. The fourth-order valence-corrected chi connectivity index (χ4v) is 1.38. The number of hydrogen-bond acceptors (Lipinski definition) is 3. The summed E-state index contributed by atoms with van der Waals surface area (Å²) in [7, 11) is 1.92. The van der Waals surface area contributed by atoms with Crippen LogP contribution in [0, 0.1) is 0 Å². The van der Waals surface area contributed by atoms with Crippen molar-refractivity contribution in [3.8, 4) is 11.4 Å². The van der Waals surface area contributed by atoms with Crippen LogP contribution in [0.2, 0.25) is 0 Å². The first-order valence-electron chi connectivity index (χ1n) is 4.46. The van der Waals surface area contributed by atoms with Crippen molar-refractivity contribution in [3.05, 3.63) is 36.2 Å². The minimum Gasteiger partial charge on any atom is -0.324 e. The second kappa shape index (κ2) is 6.48. The summed E-state index contributed by atoms with van der Waals surface area (Å²) >= 11 is 0. The molecular weight excluding hydrogens is 247 g/mol. The van der Waals surface area contributed by atoms with Gasteiger partial charge in [0.2, 0.25) is 0 Å². The van der Waals surface area contributed by atoms with E-state index in [1.165, 1.54) is 0 Å². The summed E-state index contributed by atoms with van der Waals surface area (Å²) in [6.07, 6.45) is 0. The second-order valence-electron chi connectivity index (χ2n) is 3.07. The topological polar surface area (TPSA) is 56.7 Å². The van der Waals surface area contributed by atoms with E-state index in [4.69, 9.17) is 5.73 Å². The van der Waals surface area contributed by atoms with E-state index < -0.39 is 0 Å². The van der Waals surface area contributed by atoms with Crippen LogP contribution in [0.15, 0.2) is 30.3 Å². The highest BCUT2D eigenvalue weighted by molar-refractivity contribution is 5.85. The molecule has 1 aromatic carbocycles. The summed E-state index contributed by atoms with van der Waals surface area (Å²) < 4.78 is 1.91. The number of halogens is 2. The van der Waals surface area contributed by atoms with Crippen molar-refractivity contribution in [2.45, 2.75) is 6.54 Å². The molecule has 0 unspecified atom stereocenters. The SMILES string of the molecule is Cl.Cl.Cn1c(CN)nnc1-c1ccccc1. The monoisotopic (exact) mass is 260 g/mol. The van der Waals surface area contributed by atoms with Crippen molar-refractivity contribution in [1.82, 2.24) is 14.8 Å². The molecule has 0 atom stereocenters. The van der Waals surface area contributed by atoms with Crippen LogP contribution in [-0.4, -0.2) is 14.8 Å². The van der Waals surface area contributed by atoms with E-state index in [2.05, 4.69) is 10.2 Å². The molecule has 2 N–H and O–H groups in total. The van der Waals surface area contributed by atoms with E-state index in [0.717, 1.165) is 17.2 Å². The zero-order valence-electron chi connectivity index (χ0n) is 8.83. The van der Waals surface area contributed by atoms with Crippen LogP contribution in [0.3, 0.4) is 0 Å². The maximum absolute atomic E-state index is 5.52. The first-order chi connectivity index (χ1) is 6.83. The van der Waals surface area contributed by atoms with Crippen LogP contribution in [0.5, 0.6) is 0 Å². The lowest BCUT2D eigenvalue weighted by Crippen LogP contribution is -2.05. The molecular formula is C10H14Cl2N4. The number of benzene rings is 1. The summed E-state index contributed by atoms with van der Waals surface area (Å²) in [5.74, 6) is 1.65. The maximum Gasteiger partial charge on any atom is 0.163 e. The van der Waals surface area contributed by atoms with Crippen molar-refractivity contribution in [2.24, 2.45) is 12.8 Å². The zero-order chi connectivity index (χ0) is 9.97. The van der Waals surface area contributed by atoms with Gasteiger partial charge in [-0.05, 0) is 0 Å². The normalized spacial score (nSPS) is 9.12. The van der Waals surface area contributed by atoms with E-state index in [9.17, 15) is 0 Å². The molecule has 0 spiro atoms. The molecule has 1 aromatic heterocycles. The number of hydrogen-bond donors (Lipinski definition) is 1. The van der Waals surface area contributed by atoms with E-state index >= 15 is 0 Å². The zero-order valence-corrected chi connectivity index (χ0v) is 10.5. The molecule has 0 aliphatic heterocycles. The Balaban J connectivity index is 0.00000112. The maximum atomic E-state index is 5.52. The van der Waals surface area contributed by atoms with Gasteiger partial charge in [0, 0.05) is 12.6 Å². The third-order valence-corrected chi connectivity index (χ3v) is 2.18. The predicted molar refractivity (Wildman–Crippen MR) is 68.8 cm³/mol. The van der Waals surface area contributed by atoms with Gasteiger partial charge in [0.25, 0.3) is 0 Å². The summed E-state index contributed by atoms with van der Waals surface area (Å²) in [6.45, 7) is 0.413. The highest BCUT2D eigenvalue weighted by Crippen LogP contribution is 2.15. The molecule has 2 aromatic rings. The molecule has 0 saturated carbocycles. The van der Waals surface area contributed by atoms with E-state index in [1.807, 2.05) is 41.9 Å². The van der Waals surface area contributed by atoms with Gasteiger partial charge in [-0.25, -0.2) is 0 Å². The number of nitrogens with two attached hydrogens (primary N) is 1. The van der Waals surface area contributed by atoms with Crippen molar-refractivity contribution < 1.29 is 0 Å². The van der Waals surface area contributed by atoms with Crippen LogP contribution in [0.4, 0.5) is 0 Å². The Morgan fingerprint density at radius 2 is 1.75 bits per heavy atom. The summed E-state index contributed by atoms with van der Waals surface area (Å²) in [6, 6.07) is 9.94. The Kier molecular flexibility index (Phi) is 6.03. The quantitative estimate of drug-likeness (QED) is 0.896. The number of rotatable bonds is 2. The van der Waals surface area contributed by atoms with Crippen LogP contribution in [-0.2, 0) is 13.6 Å². The lowest BCUT2D eigenvalue weighted by Gasteiger charge is -2.01. The minimum absolute atomic E-state index is 0. The Labute approximate surface area is 107 Å². The van der Waals surface area contributed by atoms with Gasteiger partial charge >= 0.3 is 0 Å². The third kappa shape index (κ3) is 2.72. The Bertz CT molecular complexity index is 428.